The lowest BCUT2D eigenvalue weighted by molar-refractivity contribution is -0.165. The Hall–Kier alpha value is -0.270. The summed E-state index contributed by atoms with van der Waals surface area (Å²) in [6, 6.07) is 0. The van der Waals surface area contributed by atoms with Crippen molar-refractivity contribution in [3.05, 3.63) is 0 Å². The number of hydrogen-bond donors (Lipinski definition) is 1. The third-order valence-electron chi connectivity index (χ3n) is 2.48. The summed E-state index contributed by atoms with van der Waals surface area (Å²) in [4.78, 5) is 0. The molecule has 2 unspecified atom stereocenters. The predicted molar refractivity (Wildman–Crippen MR) is 51.6 cm³/mol. The molecule has 1 heterocycles. The van der Waals surface area contributed by atoms with Gasteiger partial charge in [-0.2, -0.15) is 8.78 Å². The van der Waals surface area contributed by atoms with E-state index in [0.717, 1.165) is 0 Å². The first kappa shape index (κ1) is 12.8. The molecule has 0 spiro atoms. The summed E-state index contributed by atoms with van der Waals surface area (Å²) in [5.74, 6) is 0.0285. The number of hydrogen-bond acceptors (Lipinski definition) is 4. The maximum absolute atomic E-state index is 11.9. The fourth-order valence-electron chi connectivity index (χ4n) is 1.62. The molecule has 15 heavy (non-hydrogen) atoms. The zero-order chi connectivity index (χ0) is 11.5. The van der Waals surface area contributed by atoms with Crippen molar-refractivity contribution in [3.63, 3.8) is 0 Å². The van der Waals surface area contributed by atoms with Crippen molar-refractivity contribution in [3.8, 4) is 0 Å². The molecule has 1 fully saturated rings. The van der Waals surface area contributed by atoms with Crippen LogP contribution in [0.25, 0.3) is 0 Å². The maximum Gasteiger partial charge on any atom is 0.345 e. The fraction of sp³-hybridized carbons (Fsp3) is 1.00. The number of rotatable bonds is 4. The molecule has 1 rings (SSSR count). The Morgan fingerprint density at radius 1 is 1.47 bits per heavy atom. The van der Waals surface area contributed by atoms with Crippen LogP contribution in [0.5, 0.6) is 0 Å². The van der Waals surface area contributed by atoms with E-state index < -0.39 is 27.8 Å². The summed E-state index contributed by atoms with van der Waals surface area (Å²) in [5.41, 5.74) is 0. The van der Waals surface area contributed by atoms with E-state index in [0.29, 0.717) is 6.54 Å². The monoisotopic (exact) mass is 243 g/mol. The SMILES string of the molecule is CCS(=O)(=O)C1CNCC(OC(F)F)C1. The standard InChI is InChI=1S/C8H15F2NO3S/c1-2-15(12,13)7-3-6(4-11-5-7)14-8(9)10/h6-8,11H,2-5H2,1H3. The van der Waals surface area contributed by atoms with Crippen molar-refractivity contribution in [2.75, 3.05) is 18.8 Å². The Morgan fingerprint density at radius 2 is 2.13 bits per heavy atom. The number of halogens is 2. The van der Waals surface area contributed by atoms with Crippen molar-refractivity contribution >= 4 is 9.84 Å². The molecule has 1 aliphatic rings. The predicted octanol–water partition coefficient (Wildman–Crippen LogP) is 0.391. The second-order valence-corrected chi connectivity index (χ2v) is 6.06. The van der Waals surface area contributed by atoms with Crippen molar-refractivity contribution < 1.29 is 21.9 Å². The summed E-state index contributed by atoms with van der Waals surface area (Å²) in [5, 5.41) is 2.18. The average molecular weight is 243 g/mol. The lowest BCUT2D eigenvalue weighted by Gasteiger charge is -2.29. The number of ether oxygens (including phenoxy) is 1. The molecular weight excluding hydrogens is 228 g/mol. The smallest absolute Gasteiger partial charge is 0.318 e. The van der Waals surface area contributed by atoms with E-state index in [-0.39, 0.29) is 18.7 Å². The van der Waals surface area contributed by atoms with Gasteiger partial charge in [-0.05, 0) is 6.42 Å². The van der Waals surface area contributed by atoms with Crippen LogP contribution < -0.4 is 5.32 Å². The van der Waals surface area contributed by atoms with Gasteiger partial charge < -0.3 is 10.1 Å². The van der Waals surface area contributed by atoms with E-state index in [4.69, 9.17) is 0 Å². The van der Waals surface area contributed by atoms with Gasteiger partial charge >= 0.3 is 6.61 Å². The zero-order valence-electron chi connectivity index (χ0n) is 8.45. The van der Waals surface area contributed by atoms with Gasteiger partial charge in [0.15, 0.2) is 9.84 Å². The van der Waals surface area contributed by atoms with E-state index in [9.17, 15) is 17.2 Å². The van der Waals surface area contributed by atoms with Gasteiger partial charge in [0.05, 0.1) is 11.4 Å². The third kappa shape index (κ3) is 3.66. The largest absolute Gasteiger partial charge is 0.345 e. The third-order valence-corrected chi connectivity index (χ3v) is 4.65. The van der Waals surface area contributed by atoms with E-state index in [1.165, 1.54) is 0 Å². The van der Waals surface area contributed by atoms with E-state index in [2.05, 4.69) is 10.1 Å². The van der Waals surface area contributed by atoms with E-state index >= 15 is 0 Å². The van der Waals surface area contributed by atoms with Gasteiger partial charge in [-0.3, -0.25) is 0 Å². The number of piperidine rings is 1. The first-order chi connectivity index (χ1) is 6.95. The first-order valence-corrected chi connectivity index (χ1v) is 6.53. The molecule has 4 nitrogen and oxygen atoms in total. The normalized spacial score (nSPS) is 28.3. The minimum atomic E-state index is -3.18. The van der Waals surface area contributed by atoms with Crippen molar-refractivity contribution in [2.45, 2.75) is 31.3 Å². The number of alkyl halides is 2. The van der Waals surface area contributed by atoms with Gasteiger partial charge in [0.1, 0.15) is 0 Å². The second-order valence-electron chi connectivity index (χ2n) is 3.49. The van der Waals surface area contributed by atoms with Crippen LogP contribution >= 0.6 is 0 Å². The summed E-state index contributed by atoms with van der Waals surface area (Å²) in [7, 11) is -3.18. The molecular formula is C8H15F2NO3S. The lowest BCUT2D eigenvalue weighted by atomic mass is 10.1. The topological polar surface area (TPSA) is 55.4 Å². The molecule has 0 aliphatic carbocycles. The maximum atomic E-state index is 11.9. The highest BCUT2D eigenvalue weighted by Crippen LogP contribution is 2.17. The van der Waals surface area contributed by atoms with Crippen LogP contribution in [0.2, 0.25) is 0 Å². The molecule has 0 bridgehead atoms. The van der Waals surface area contributed by atoms with Gasteiger partial charge in [-0.15, -0.1) is 0 Å². The van der Waals surface area contributed by atoms with E-state index in [1.54, 1.807) is 6.92 Å². The highest BCUT2D eigenvalue weighted by Gasteiger charge is 2.32. The van der Waals surface area contributed by atoms with Crippen molar-refractivity contribution in [2.24, 2.45) is 0 Å². The van der Waals surface area contributed by atoms with Gasteiger partial charge in [-0.1, -0.05) is 6.92 Å². The Morgan fingerprint density at radius 3 is 2.67 bits per heavy atom. The quantitative estimate of drug-likeness (QED) is 0.776. The lowest BCUT2D eigenvalue weighted by Crippen LogP contribution is -2.47. The van der Waals surface area contributed by atoms with Gasteiger partial charge in [0.2, 0.25) is 0 Å². The highest BCUT2D eigenvalue weighted by molar-refractivity contribution is 7.92. The molecule has 7 heteroatoms. The minimum absolute atomic E-state index is 0.0285. The molecule has 0 amide bonds. The van der Waals surface area contributed by atoms with Crippen molar-refractivity contribution in [1.82, 2.24) is 5.32 Å². The van der Waals surface area contributed by atoms with Crippen LogP contribution in [-0.4, -0.2) is 45.2 Å². The summed E-state index contributed by atoms with van der Waals surface area (Å²) in [6.07, 6.45) is -0.571. The van der Waals surface area contributed by atoms with Crippen LogP contribution in [-0.2, 0) is 14.6 Å². The molecule has 90 valence electrons. The second kappa shape index (κ2) is 5.18. The average Bonchev–Trinajstić information content (AvgIpc) is 2.17. The molecule has 1 aliphatic heterocycles. The first-order valence-electron chi connectivity index (χ1n) is 4.81. The van der Waals surface area contributed by atoms with Crippen LogP contribution in [0.4, 0.5) is 8.78 Å². The molecule has 1 N–H and O–H groups in total. The molecule has 2 atom stereocenters. The van der Waals surface area contributed by atoms with Gasteiger partial charge in [-0.25, -0.2) is 8.42 Å². The fourth-order valence-corrected chi connectivity index (χ4v) is 2.97. The summed E-state index contributed by atoms with van der Waals surface area (Å²) >= 11 is 0. The van der Waals surface area contributed by atoms with Crippen LogP contribution in [0, 0.1) is 0 Å². The summed E-state index contributed by atoms with van der Waals surface area (Å²) in [6.45, 7) is -0.702. The molecule has 0 aromatic carbocycles. The Bertz CT molecular complexity index is 294. The molecule has 0 radical (unpaired) electrons. The molecule has 1 saturated heterocycles. The Labute approximate surface area is 87.9 Å². The Kier molecular flexibility index (Phi) is 4.42. The number of sulfone groups is 1. The zero-order valence-corrected chi connectivity index (χ0v) is 9.27. The van der Waals surface area contributed by atoms with Crippen LogP contribution in [0.1, 0.15) is 13.3 Å². The number of nitrogens with one attached hydrogen (secondary N) is 1. The van der Waals surface area contributed by atoms with Gasteiger partial charge in [0, 0.05) is 18.8 Å². The molecule has 0 saturated carbocycles. The summed E-state index contributed by atoms with van der Waals surface area (Å²) < 4.78 is 51.2. The van der Waals surface area contributed by atoms with Crippen molar-refractivity contribution in [1.29, 1.82) is 0 Å². The molecule has 0 aromatic rings. The Balaban J connectivity index is 2.56. The minimum Gasteiger partial charge on any atom is -0.318 e. The van der Waals surface area contributed by atoms with Crippen LogP contribution in [0.15, 0.2) is 0 Å². The highest BCUT2D eigenvalue weighted by atomic mass is 32.2. The van der Waals surface area contributed by atoms with Gasteiger partial charge in [0.25, 0.3) is 0 Å². The van der Waals surface area contributed by atoms with Crippen LogP contribution in [0.3, 0.4) is 0 Å². The molecule has 0 aromatic heterocycles. The van der Waals surface area contributed by atoms with E-state index in [1.807, 2.05) is 0 Å².